The molecule has 3 aliphatic rings. The molecule has 2 fully saturated rings. The van der Waals surface area contributed by atoms with Gasteiger partial charge in [-0.1, -0.05) is 42.5 Å². The molecule has 152 valence electrons. The van der Waals surface area contributed by atoms with Gasteiger partial charge in [0.1, 0.15) is 17.9 Å². The summed E-state index contributed by atoms with van der Waals surface area (Å²) in [6, 6.07) is 19.0. The molecule has 1 unspecified atom stereocenters. The summed E-state index contributed by atoms with van der Waals surface area (Å²) in [6.07, 6.45) is 5.34. The molecule has 2 saturated heterocycles. The molecule has 0 aliphatic carbocycles. The van der Waals surface area contributed by atoms with Crippen LogP contribution in [-0.4, -0.2) is 23.6 Å². The number of fused-ring (bicyclic) bond motifs is 5. The molecule has 6 nitrogen and oxygen atoms in total. The molecule has 0 saturated carbocycles. The van der Waals surface area contributed by atoms with E-state index in [4.69, 9.17) is 4.42 Å². The number of benzene rings is 2. The highest BCUT2D eigenvalue weighted by Crippen LogP contribution is 2.45. The number of ketones is 1. The van der Waals surface area contributed by atoms with Crippen molar-refractivity contribution in [2.45, 2.75) is 12.1 Å². The first kappa shape index (κ1) is 18.0. The molecule has 2 aromatic carbocycles. The highest BCUT2D eigenvalue weighted by Gasteiger charge is 2.68. The second kappa shape index (κ2) is 6.62. The molecule has 3 aliphatic heterocycles. The summed E-state index contributed by atoms with van der Waals surface area (Å²) in [4.78, 5) is 42.8. The molecule has 4 heterocycles. The van der Waals surface area contributed by atoms with Crippen molar-refractivity contribution >= 4 is 29.4 Å². The Balaban J connectivity index is 1.52. The van der Waals surface area contributed by atoms with Crippen LogP contribution in [0.25, 0.3) is 6.08 Å². The van der Waals surface area contributed by atoms with E-state index in [0.29, 0.717) is 5.69 Å². The number of hydrogen-bond donors (Lipinski definition) is 1. The number of hydrogen-bond acceptors (Lipinski definition) is 4. The van der Waals surface area contributed by atoms with Crippen LogP contribution in [0.3, 0.4) is 0 Å². The minimum Gasteiger partial charge on any atom is -0.461 e. The Morgan fingerprint density at radius 1 is 0.871 bits per heavy atom. The second-order valence-corrected chi connectivity index (χ2v) is 8.16. The summed E-state index contributed by atoms with van der Waals surface area (Å²) in [5.74, 6) is -1.97. The van der Waals surface area contributed by atoms with Crippen LogP contribution < -0.4 is 9.80 Å². The van der Waals surface area contributed by atoms with Gasteiger partial charge in [0.2, 0.25) is 11.8 Å². The predicted octanol–water partition coefficient (Wildman–Crippen LogP) is 2.26. The van der Waals surface area contributed by atoms with Crippen LogP contribution >= 0.6 is 0 Å². The highest BCUT2D eigenvalue weighted by atomic mass is 16.3. The minimum absolute atomic E-state index is 0.211. The number of quaternary nitrogens is 1. The summed E-state index contributed by atoms with van der Waals surface area (Å²) in [5, 5.41) is 0. The van der Waals surface area contributed by atoms with Gasteiger partial charge < -0.3 is 4.42 Å². The number of rotatable bonds is 3. The zero-order valence-electron chi connectivity index (χ0n) is 16.5. The maximum Gasteiger partial charge on any atom is 0.256 e. The summed E-state index contributed by atoms with van der Waals surface area (Å²) in [6.45, 7) is 0. The van der Waals surface area contributed by atoms with E-state index in [-0.39, 0.29) is 29.4 Å². The van der Waals surface area contributed by atoms with Crippen LogP contribution in [0.15, 0.2) is 83.6 Å². The first-order chi connectivity index (χ1) is 15.2. The molecule has 3 aromatic rings. The van der Waals surface area contributed by atoms with Crippen LogP contribution in [0, 0.1) is 11.8 Å². The summed E-state index contributed by atoms with van der Waals surface area (Å²) in [5.41, 5.74) is 2.54. The van der Waals surface area contributed by atoms with Crippen molar-refractivity contribution in [3.63, 3.8) is 0 Å². The maximum absolute atomic E-state index is 13.7. The van der Waals surface area contributed by atoms with Crippen LogP contribution in [-0.2, 0) is 9.59 Å². The number of carbonyl (C=O) groups excluding carboxylic acids is 3. The van der Waals surface area contributed by atoms with E-state index in [1.54, 1.807) is 36.4 Å². The number of anilines is 1. The molecular formula is C25H19N2O4+. The van der Waals surface area contributed by atoms with Gasteiger partial charge in [0.25, 0.3) is 5.78 Å². The molecular weight excluding hydrogens is 392 g/mol. The number of nitrogens with one attached hydrogen (secondary N) is 1. The fraction of sp³-hybridized carbons (Fsp3) is 0.160. The number of furan rings is 1. The number of amides is 2. The van der Waals surface area contributed by atoms with Crippen LogP contribution in [0.5, 0.6) is 0 Å². The first-order valence-corrected chi connectivity index (χ1v) is 10.3. The van der Waals surface area contributed by atoms with Gasteiger partial charge in [0.15, 0.2) is 11.8 Å². The van der Waals surface area contributed by atoms with E-state index in [2.05, 4.69) is 0 Å². The van der Waals surface area contributed by atoms with Crippen molar-refractivity contribution in [2.24, 2.45) is 11.8 Å². The van der Waals surface area contributed by atoms with Gasteiger partial charge in [-0.15, -0.1) is 0 Å². The van der Waals surface area contributed by atoms with Crippen molar-refractivity contribution in [2.75, 3.05) is 4.90 Å². The Kier molecular flexibility index (Phi) is 3.85. The van der Waals surface area contributed by atoms with E-state index >= 15 is 0 Å². The van der Waals surface area contributed by atoms with Gasteiger partial charge >= 0.3 is 0 Å². The average molecular weight is 411 g/mol. The topological polar surface area (TPSA) is 72.0 Å². The lowest BCUT2D eigenvalue weighted by Crippen LogP contribution is -3.12. The zero-order valence-corrected chi connectivity index (χ0v) is 16.5. The monoisotopic (exact) mass is 411 g/mol. The second-order valence-electron chi connectivity index (χ2n) is 8.16. The van der Waals surface area contributed by atoms with Gasteiger partial charge in [-0.05, 0) is 35.9 Å². The van der Waals surface area contributed by atoms with Crippen LogP contribution in [0.4, 0.5) is 5.69 Å². The van der Waals surface area contributed by atoms with Crippen molar-refractivity contribution in [3.05, 3.63) is 96.1 Å². The highest BCUT2D eigenvalue weighted by molar-refractivity contribution is 6.24. The third-order valence-corrected chi connectivity index (χ3v) is 6.68. The Bertz CT molecular complexity index is 1230. The van der Waals surface area contributed by atoms with E-state index in [9.17, 15) is 14.4 Å². The lowest BCUT2D eigenvalue weighted by atomic mass is 9.84. The minimum atomic E-state index is -0.749. The van der Waals surface area contributed by atoms with Crippen molar-refractivity contribution in [3.8, 4) is 0 Å². The van der Waals surface area contributed by atoms with E-state index in [1.165, 1.54) is 11.2 Å². The number of Topliss-reactive ketones (excluding diaryl/α,β-unsaturated/α-hetero) is 1. The van der Waals surface area contributed by atoms with E-state index in [0.717, 1.165) is 16.0 Å². The summed E-state index contributed by atoms with van der Waals surface area (Å²) >= 11 is 0. The lowest BCUT2D eigenvalue weighted by molar-refractivity contribution is -0.884. The van der Waals surface area contributed by atoms with Crippen molar-refractivity contribution in [1.29, 1.82) is 0 Å². The Labute approximate surface area is 178 Å². The Hall–Kier alpha value is -3.77. The van der Waals surface area contributed by atoms with Crippen LogP contribution in [0.1, 0.15) is 27.7 Å². The molecule has 0 bridgehead atoms. The van der Waals surface area contributed by atoms with Crippen molar-refractivity contribution in [1.82, 2.24) is 0 Å². The smallest absolute Gasteiger partial charge is 0.256 e. The van der Waals surface area contributed by atoms with E-state index < -0.39 is 17.9 Å². The number of carbonyl (C=O) groups is 3. The molecule has 5 atom stereocenters. The largest absolute Gasteiger partial charge is 0.461 e. The van der Waals surface area contributed by atoms with Crippen molar-refractivity contribution < 1.29 is 23.7 Å². The van der Waals surface area contributed by atoms with Crippen LogP contribution in [0.2, 0.25) is 0 Å². The Morgan fingerprint density at radius 2 is 1.61 bits per heavy atom. The molecule has 0 spiro atoms. The number of imide groups is 1. The zero-order chi connectivity index (χ0) is 21.1. The Morgan fingerprint density at radius 3 is 2.39 bits per heavy atom. The van der Waals surface area contributed by atoms with Gasteiger partial charge in [-0.2, -0.15) is 0 Å². The van der Waals surface area contributed by atoms with Gasteiger partial charge in [-0.3, -0.25) is 19.3 Å². The number of para-hydroxylation sites is 1. The average Bonchev–Trinajstić information content (AvgIpc) is 3.50. The molecule has 2 amide bonds. The standard InChI is InChI=1S/C25H18N2O4/c28-23(18-11-6-14-31-18)22-20-19(21-17-10-5-4-7-15(17)12-13-26(21)22)24(29)27(25(20)30)16-8-2-1-3-9-16/h1-14,19-22H/p+1/t19-,20+,21-,22-/m1/s1. The molecule has 1 N–H and O–H groups in total. The van der Waals surface area contributed by atoms with Gasteiger partial charge in [0.05, 0.1) is 18.2 Å². The summed E-state index contributed by atoms with van der Waals surface area (Å²) in [7, 11) is 0. The third kappa shape index (κ3) is 2.45. The fourth-order valence-corrected chi connectivity index (χ4v) is 5.45. The molecule has 31 heavy (non-hydrogen) atoms. The maximum atomic E-state index is 13.7. The predicted molar refractivity (Wildman–Crippen MR) is 112 cm³/mol. The summed E-state index contributed by atoms with van der Waals surface area (Å²) < 4.78 is 5.38. The van der Waals surface area contributed by atoms with E-state index in [1.807, 2.05) is 42.6 Å². The molecule has 6 rings (SSSR count). The lowest BCUT2D eigenvalue weighted by Gasteiger charge is -2.30. The van der Waals surface area contributed by atoms with Gasteiger partial charge in [-0.25, -0.2) is 4.90 Å². The number of nitrogens with zero attached hydrogens (tertiary/aromatic N) is 1. The molecule has 0 radical (unpaired) electrons. The first-order valence-electron chi connectivity index (χ1n) is 10.3. The molecule has 6 heteroatoms. The molecule has 1 aromatic heterocycles. The third-order valence-electron chi connectivity index (χ3n) is 6.68. The SMILES string of the molecule is O=C(c1ccco1)[C@H]1[C@H]2C(=O)N(c3ccccc3)C(=O)[C@H]2[C@H]2c3ccccc3C=C[NH+]21. The quantitative estimate of drug-likeness (QED) is 0.530. The fourth-order valence-electron chi connectivity index (χ4n) is 5.45. The van der Waals surface area contributed by atoms with Gasteiger partial charge in [0, 0.05) is 5.56 Å². The normalized spacial score (nSPS) is 28.4.